The second-order valence-corrected chi connectivity index (χ2v) is 3.88. The van der Waals surface area contributed by atoms with Crippen LogP contribution in [0, 0.1) is 0 Å². The standard InChI is InChI=1S/C15H18O3/c1-4-17-13-7-6-11-9-15(18-5-2)14(16-3)10-12(11)8-13/h6-10H,4-5H2,1-3H3. The fourth-order valence-electron chi connectivity index (χ4n) is 1.92. The highest BCUT2D eigenvalue weighted by Gasteiger charge is 2.07. The van der Waals surface area contributed by atoms with Crippen molar-refractivity contribution >= 4 is 10.8 Å². The van der Waals surface area contributed by atoms with Gasteiger partial charge in [-0.2, -0.15) is 0 Å². The molecule has 0 bridgehead atoms. The van der Waals surface area contributed by atoms with Crippen LogP contribution in [0.3, 0.4) is 0 Å². The van der Waals surface area contributed by atoms with E-state index < -0.39 is 0 Å². The minimum atomic E-state index is 0.624. The van der Waals surface area contributed by atoms with Crippen molar-refractivity contribution in [1.29, 1.82) is 0 Å². The Morgan fingerprint density at radius 3 is 2.22 bits per heavy atom. The van der Waals surface area contributed by atoms with Gasteiger partial charge in [0, 0.05) is 0 Å². The Morgan fingerprint density at radius 1 is 0.833 bits per heavy atom. The average molecular weight is 246 g/mol. The van der Waals surface area contributed by atoms with Gasteiger partial charge in [0.1, 0.15) is 5.75 Å². The van der Waals surface area contributed by atoms with E-state index >= 15 is 0 Å². The van der Waals surface area contributed by atoms with E-state index in [-0.39, 0.29) is 0 Å². The number of fused-ring (bicyclic) bond motifs is 1. The lowest BCUT2D eigenvalue weighted by atomic mass is 10.1. The quantitative estimate of drug-likeness (QED) is 0.806. The molecule has 0 saturated heterocycles. The fourth-order valence-corrected chi connectivity index (χ4v) is 1.92. The molecule has 0 amide bonds. The van der Waals surface area contributed by atoms with Gasteiger partial charge in [-0.3, -0.25) is 0 Å². The molecule has 0 unspecified atom stereocenters. The molecule has 18 heavy (non-hydrogen) atoms. The third-order valence-electron chi connectivity index (χ3n) is 2.71. The Hall–Kier alpha value is -1.90. The summed E-state index contributed by atoms with van der Waals surface area (Å²) in [6.45, 7) is 5.23. The third-order valence-corrected chi connectivity index (χ3v) is 2.71. The molecule has 3 heteroatoms. The van der Waals surface area contributed by atoms with E-state index in [0.29, 0.717) is 13.2 Å². The van der Waals surface area contributed by atoms with Crippen molar-refractivity contribution in [3.05, 3.63) is 30.3 Å². The highest BCUT2D eigenvalue weighted by atomic mass is 16.5. The number of hydrogen-bond donors (Lipinski definition) is 0. The van der Waals surface area contributed by atoms with E-state index in [9.17, 15) is 0 Å². The number of hydrogen-bond acceptors (Lipinski definition) is 3. The second-order valence-electron chi connectivity index (χ2n) is 3.88. The predicted molar refractivity (Wildman–Crippen MR) is 72.8 cm³/mol. The van der Waals surface area contributed by atoms with E-state index in [1.807, 2.05) is 44.2 Å². The zero-order valence-electron chi connectivity index (χ0n) is 11.0. The molecule has 0 spiro atoms. The van der Waals surface area contributed by atoms with Gasteiger partial charge in [-0.05, 0) is 48.9 Å². The lowest BCUT2D eigenvalue weighted by molar-refractivity contribution is 0.311. The molecule has 2 aromatic rings. The van der Waals surface area contributed by atoms with Gasteiger partial charge in [0.05, 0.1) is 20.3 Å². The van der Waals surface area contributed by atoms with E-state index in [1.54, 1.807) is 7.11 Å². The molecule has 0 saturated carbocycles. The molecule has 2 rings (SSSR count). The summed E-state index contributed by atoms with van der Waals surface area (Å²) < 4.78 is 16.4. The van der Waals surface area contributed by atoms with E-state index in [0.717, 1.165) is 28.0 Å². The van der Waals surface area contributed by atoms with Crippen LogP contribution < -0.4 is 14.2 Å². The number of methoxy groups -OCH3 is 1. The molecule has 0 aliphatic heterocycles. The van der Waals surface area contributed by atoms with Gasteiger partial charge < -0.3 is 14.2 Å². The van der Waals surface area contributed by atoms with Crippen molar-refractivity contribution in [1.82, 2.24) is 0 Å². The molecule has 0 fully saturated rings. The average Bonchev–Trinajstić information content (AvgIpc) is 2.39. The van der Waals surface area contributed by atoms with Crippen molar-refractivity contribution in [2.24, 2.45) is 0 Å². The SMILES string of the molecule is CCOc1ccc2cc(OCC)c(OC)cc2c1. The molecule has 0 aromatic heterocycles. The fraction of sp³-hybridized carbons (Fsp3) is 0.333. The Morgan fingerprint density at radius 2 is 1.56 bits per heavy atom. The Kier molecular flexibility index (Phi) is 3.92. The van der Waals surface area contributed by atoms with Gasteiger partial charge in [-0.25, -0.2) is 0 Å². The molecule has 2 aromatic carbocycles. The predicted octanol–water partition coefficient (Wildman–Crippen LogP) is 3.65. The summed E-state index contributed by atoms with van der Waals surface area (Å²) >= 11 is 0. The summed E-state index contributed by atoms with van der Waals surface area (Å²) in [6.07, 6.45) is 0. The van der Waals surface area contributed by atoms with Crippen LogP contribution >= 0.6 is 0 Å². The monoisotopic (exact) mass is 246 g/mol. The molecule has 0 radical (unpaired) electrons. The van der Waals surface area contributed by atoms with E-state index in [1.165, 1.54) is 0 Å². The van der Waals surface area contributed by atoms with Crippen LogP contribution in [0.4, 0.5) is 0 Å². The van der Waals surface area contributed by atoms with Crippen molar-refractivity contribution < 1.29 is 14.2 Å². The topological polar surface area (TPSA) is 27.7 Å². The largest absolute Gasteiger partial charge is 0.494 e. The third kappa shape index (κ3) is 2.50. The van der Waals surface area contributed by atoms with Crippen molar-refractivity contribution in [2.75, 3.05) is 20.3 Å². The maximum Gasteiger partial charge on any atom is 0.161 e. The normalized spacial score (nSPS) is 10.4. The van der Waals surface area contributed by atoms with Crippen LogP contribution in [0.25, 0.3) is 10.8 Å². The van der Waals surface area contributed by atoms with E-state index in [2.05, 4.69) is 0 Å². The van der Waals surface area contributed by atoms with Crippen LogP contribution in [0.5, 0.6) is 17.2 Å². The van der Waals surface area contributed by atoms with Crippen molar-refractivity contribution in [3.63, 3.8) is 0 Å². The lowest BCUT2D eigenvalue weighted by Gasteiger charge is -2.11. The Bertz CT molecular complexity index is 534. The zero-order chi connectivity index (χ0) is 13.0. The summed E-state index contributed by atoms with van der Waals surface area (Å²) in [5.41, 5.74) is 0. The molecule has 0 heterocycles. The van der Waals surface area contributed by atoms with Gasteiger partial charge in [0.25, 0.3) is 0 Å². The lowest BCUT2D eigenvalue weighted by Crippen LogP contribution is -1.96. The maximum atomic E-state index is 5.56. The minimum Gasteiger partial charge on any atom is -0.494 e. The van der Waals surface area contributed by atoms with Crippen LogP contribution in [0.15, 0.2) is 30.3 Å². The number of ether oxygens (including phenoxy) is 3. The van der Waals surface area contributed by atoms with Crippen LogP contribution in [-0.2, 0) is 0 Å². The summed E-state index contributed by atoms with van der Waals surface area (Å²) in [6, 6.07) is 9.98. The van der Waals surface area contributed by atoms with E-state index in [4.69, 9.17) is 14.2 Å². The highest BCUT2D eigenvalue weighted by Crippen LogP contribution is 2.33. The first-order valence-electron chi connectivity index (χ1n) is 6.15. The molecule has 3 nitrogen and oxygen atoms in total. The first kappa shape index (κ1) is 12.6. The van der Waals surface area contributed by atoms with Crippen LogP contribution in [0.2, 0.25) is 0 Å². The molecule has 0 aliphatic rings. The Labute approximate surface area is 107 Å². The first-order chi connectivity index (χ1) is 8.78. The van der Waals surface area contributed by atoms with Gasteiger partial charge >= 0.3 is 0 Å². The smallest absolute Gasteiger partial charge is 0.161 e. The summed E-state index contributed by atoms with van der Waals surface area (Å²) in [7, 11) is 1.65. The summed E-state index contributed by atoms with van der Waals surface area (Å²) in [5.74, 6) is 2.39. The molecule has 0 N–H and O–H groups in total. The summed E-state index contributed by atoms with van der Waals surface area (Å²) in [4.78, 5) is 0. The molecular formula is C15H18O3. The minimum absolute atomic E-state index is 0.624. The van der Waals surface area contributed by atoms with Crippen LogP contribution in [0.1, 0.15) is 13.8 Å². The second kappa shape index (κ2) is 5.63. The van der Waals surface area contributed by atoms with Gasteiger partial charge in [0.2, 0.25) is 0 Å². The first-order valence-corrected chi connectivity index (χ1v) is 6.15. The molecule has 0 atom stereocenters. The molecular weight excluding hydrogens is 228 g/mol. The zero-order valence-corrected chi connectivity index (χ0v) is 11.0. The summed E-state index contributed by atoms with van der Waals surface area (Å²) in [5, 5.41) is 2.20. The van der Waals surface area contributed by atoms with Crippen molar-refractivity contribution in [3.8, 4) is 17.2 Å². The van der Waals surface area contributed by atoms with Gasteiger partial charge in [-0.1, -0.05) is 6.07 Å². The van der Waals surface area contributed by atoms with Gasteiger partial charge in [-0.15, -0.1) is 0 Å². The maximum absolute atomic E-state index is 5.56. The Balaban J connectivity index is 2.49. The number of benzene rings is 2. The number of rotatable bonds is 5. The molecule has 96 valence electrons. The van der Waals surface area contributed by atoms with Crippen molar-refractivity contribution in [2.45, 2.75) is 13.8 Å². The van der Waals surface area contributed by atoms with Gasteiger partial charge in [0.15, 0.2) is 11.5 Å². The highest BCUT2D eigenvalue weighted by molar-refractivity contribution is 5.87. The van der Waals surface area contributed by atoms with Crippen LogP contribution in [-0.4, -0.2) is 20.3 Å². The molecule has 0 aliphatic carbocycles.